The number of unbranched alkanes of at least 4 members (excludes halogenated alkanes) is 11. The number of benzene rings is 2. The minimum Gasteiger partial charge on any atom is -0.478 e. The highest BCUT2D eigenvalue weighted by molar-refractivity contribution is 5.88. The summed E-state index contributed by atoms with van der Waals surface area (Å²) < 4.78 is 0. The van der Waals surface area contributed by atoms with Crippen molar-refractivity contribution in [3.05, 3.63) is 60.2 Å². The summed E-state index contributed by atoms with van der Waals surface area (Å²) in [4.78, 5) is 17.2. The van der Waals surface area contributed by atoms with Crippen LogP contribution in [0.4, 0.5) is 11.4 Å². The predicted molar refractivity (Wildman–Crippen MR) is 129 cm³/mol. The van der Waals surface area contributed by atoms with E-state index in [1.807, 2.05) is 30.3 Å². The van der Waals surface area contributed by atoms with E-state index >= 15 is 0 Å². The Morgan fingerprint density at radius 2 is 1.19 bits per heavy atom. The van der Waals surface area contributed by atoms with Crippen LogP contribution in [0.25, 0.3) is 0 Å². The quantitative estimate of drug-likeness (QED) is 0.205. The number of rotatable bonds is 17. The first-order chi connectivity index (χ1) is 15.2. The Morgan fingerprint density at radius 3 is 1.71 bits per heavy atom. The van der Waals surface area contributed by atoms with Gasteiger partial charge in [-0.15, -0.1) is 0 Å². The molecule has 4 nitrogen and oxygen atoms in total. The molecule has 0 heterocycles. The van der Waals surface area contributed by atoms with Crippen molar-refractivity contribution in [3.8, 4) is 0 Å². The molecule has 31 heavy (non-hydrogen) atoms. The molecule has 2 aromatic rings. The molecule has 0 amide bonds. The molecule has 0 aromatic heterocycles. The topological polar surface area (TPSA) is 49.8 Å². The SMILES string of the molecule is CCCCCCCCCCCCCCON(c1ccccc1)c1ccc(C(=O)O)cc1. The first-order valence-corrected chi connectivity index (χ1v) is 12.0. The van der Waals surface area contributed by atoms with Crippen LogP contribution in [0, 0.1) is 0 Å². The molecule has 0 atom stereocenters. The Balaban J connectivity index is 1.67. The standard InChI is InChI=1S/C27H39NO3/c1-2-3-4-5-6-7-8-9-10-11-12-16-23-31-28(25-17-14-13-15-18-25)26-21-19-24(20-22-26)27(29)30/h13-15,17-22H,2-12,16,23H2,1H3,(H,29,30). The molecular weight excluding hydrogens is 386 g/mol. The zero-order valence-corrected chi connectivity index (χ0v) is 19.1. The molecule has 0 spiro atoms. The smallest absolute Gasteiger partial charge is 0.335 e. The molecule has 0 unspecified atom stereocenters. The van der Waals surface area contributed by atoms with Gasteiger partial charge in [0.2, 0.25) is 0 Å². The zero-order valence-electron chi connectivity index (χ0n) is 19.1. The Hall–Kier alpha value is -2.33. The van der Waals surface area contributed by atoms with Crippen LogP contribution < -0.4 is 5.06 Å². The Kier molecular flexibility index (Phi) is 12.4. The van der Waals surface area contributed by atoms with E-state index in [-0.39, 0.29) is 5.56 Å². The number of nitrogens with zero attached hydrogens (tertiary/aromatic N) is 1. The molecule has 2 rings (SSSR count). The van der Waals surface area contributed by atoms with E-state index in [1.165, 1.54) is 70.6 Å². The van der Waals surface area contributed by atoms with Crippen molar-refractivity contribution in [1.82, 2.24) is 0 Å². The van der Waals surface area contributed by atoms with Crippen LogP contribution in [0.1, 0.15) is 94.3 Å². The fourth-order valence-electron chi connectivity index (χ4n) is 3.70. The van der Waals surface area contributed by atoms with Gasteiger partial charge in [-0.05, 0) is 42.8 Å². The van der Waals surface area contributed by atoms with Crippen molar-refractivity contribution in [3.63, 3.8) is 0 Å². The molecule has 2 aromatic carbocycles. The van der Waals surface area contributed by atoms with Crippen LogP contribution in [0.5, 0.6) is 0 Å². The molecule has 0 aliphatic heterocycles. The number of hydrogen-bond acceptors (Lipinski definition) is 3. The van der Waals surface area contributed by atoms with Crippen LogP contribution in [-0.4, -0.2) is 17.7 Å². The minimum absolute atomic E-state index is 0.276. The van der Waals surface area contributed by atoms with Gasteiger partial charge in [0.25, 0.3) is 0 Å². The zero-order chi connectivity index (χ0) is 22.2. The third kappa shape index (κ3) is 10.0. The van der Waals surface area contributed by atoms with Crippen molar-refractivity contribution in [2.75, 3.05) is 11.7 Å². The van der Waals surface area contributed by atoms with Gasteiger partial charge in [0.15, 0.2) is 0 Å². The van der Waals surface area contributed by atoms with Gasteiger partial charge >= 0.3 is 5.97 Å². The first kappa shape index (κ1) is 24.9. The first-order valence-electron chi connectivity index (χ1n) is 12.0. The molecule has 0 aliphatic rings. The molecule has 0 aliphatic carbocycles. The van der Waals surface area contributed by atoms with Crippen molar-refractivity contribution < 1.29 is 14.7 Å². The molecular formula is C27H39NO3. The number of carboxylic acid groups (broad SMARTS) is 1. The summed E-state index contributed by atoms with van der Waals surface area (Å²) >= 11 is 0. The monoisotopic (exact) mass is 425 g/mol. The summed E-state index contributed by atoms with van der Waals surface area (Å²) in [6.45, 7) is 2.91. The number of aromatic carboxylic acids is 1. The van der Waals surface area contributed by atoms with E-state index in [4.69, 9.17) is 9.94 Å². The summed E-state index contributed by atoms with van der Waals surface area (Å²) in [5.74, 6) is -0.921. The summed E-state index contributed by atoms with van der Waals surface area (Å²) in [5.41, 5.74) is 2.04. The normalized spacial score (nSPS) is 10.9. The summed E-state index contributed by atoms with van der Waals surface area (Å²) in [6, 6.07) is 16.7. The largest absolute Gasteiger partial charge is 0.478 e. The fraction of sp³-hybridized carbons (Fsp3) is 0.519. The highest BCUT2D eigenvalue weighted by Gasteiger charge is 2.11. The average Bonchev–Trinajstić information content (AvgIpc) is 2.80. The maximum absolute atomic E-state index is 11.1. The second-order valence-electron chi connectivity index (χ2n) is 8.20. The lowest BCUT2D eigenvalue weighted by Gasteiger charge is -2.24. The molecule has 0 fully saturated rings. The number of hydrogen-bond donors (Lipinski definition) is 1. The maximum Gasteiger partial charge on any atom is 0.335 e. The van der Waals surface area contributed by atoms with Crippen molar-refractivity contribution in [2.24, 2.45) is 0 Å². The van der Waals surface area contributed by atoms with Gasteiger partial charge in [0.05, 0.1) is 23.5 Å². The number of carboxylic acids is 1. The lowest BCUT2D eigenvalue weighted by Crippen LogP contribution is -2.18. The Labute approximate surface area is 188 Å². The van der Waals surface area contributed by atoms with Gasteiger partial charge in [-0.25, -0.2) is 9.86 Å². The predicted octanol–water partition coefficient (Wildman–Crippen LogP) is 8.16. The molecule has 0 saturated heterocycles. The van der Waals surface area contributed by atoms with E-state index in [9.17, 15) is 4.79 Å². The van der Waals surface area contributed by atoms with Crippen molar-refractivity contribution in [2.45, 2.75) is 84.0 Å². The number of para-hydroxylation sites is 1. The van der Waals surface area contributed by atoms with Crippen molar-refractivity contribution >= 4 is 17.3 Å². The summed E-state index contributed by atoms with van der Waals surface area (Å²) in [7, 11) is 0. The van der Waals surface area contributed by atoms with E-state index in [1.54, 1.807) is 29.3 Å². The van der Waals surface area contributed by atoms with Crippen LogP contribution in [0.2, 0.25) is 0 Å². The third-order valence-electron chi connectivity index (χ3n) is 5.56. The molecule has 0 radical (unpaired) electrons. The van der Waals surface area contributed by atoms with E-state index in [2.05, 4.69) is 6.92 Å². The molecule has 4 heteroatoms. The second kappa shape index (κ2) is 15.5. The summed E-state index contributed by atoms with van der Waals surface area (Å²) in [6.07, 6.45) is 15.8. The van der Waals surface area contributed by atoms with E-state index in [0.29, 0.717) is 6.61 Å². The average molecular weight is 426 g/mol. The number of carbonyl (C=O) groups is 1. The van der Waals surface area contributed by atoms with Gasteiger partial charge in [0, 0.05) is 0 Å². The second-order valence-corrected chi connectivity index (χ2v) is 8.20. The van der Waals surface area contributed by atoms with Gasteiger partial charge in [-0.2, -0.15) is 0 Å². The highest BCUT2D eigenvalue weighted by Crippen LogP contribution is 2.26. The fourth-order valence-corrected chi connectivity index (χ4v) is 3.70. The number of anilines is 2. The van der Waals surface area contributed by atoms with Gasteiger partial charge in [-0.3, -0.25) is 4.84 Å². The Bertz CT molecular complexity index is 715. The van der Waals surface area contributed by atoms with Crippen LogP contribution in [0.3, 0.4) is 0 Å². The molecule has 0 bridgehead atoms. The van der Waals surface area contributed by atoms with Crippen LogP contribution >= 0.6 is 0 Å². The lowest BCUT2D eigenvalue weighted by atomic mass is 10.1. The lowest BCUT2D eigenvalue weighted by molar-refractivity contribution is 0.0696. The molecule has 0 saturated carbocycles. The minimum atomic E-state index is -0.921. The summed E-state index contributed by atoms with van der Waals surface area (Å²) in [5, 5.41) is 10.9. The van der Waals surface area contributed by atoms with Crippen LogP contribution in [0.15, 0.2) is 54.6 Å². The van der Waals surface area contributed by atoms with E-state index < -0.39 is 5.97 Å². The molecule has 1 N–H and O–H groups in total. The van der Waals surface area contributed by atoms with Gasteiger partial charge < -0.3 is 5.11 Å². The highest BCUT2D eigenvalue weighted by atomic mass is 16.7. The Morgan fingerprint density at radius 1 is 0.710 bits per heavy atom. The van der Waals surface area contributed by atoms with Gasteiger partial charge in [0.1, 0.15) is 0 Å². The van der Waals surface area contributed by atoms with Crippen molar-refractivity contribution in [1.29, 1.82) is 0 Å². The van der Waals surface area contributed by atoms with Crippen LogP contribution in [-0.2, 0) is 4.84 Å². The molecule has 170 valence electrons. The van der Waals surface area contributed by atoms with Gasteiger partial charge in [-0.1, -0.05) is 95.8 Å². The maximum atomic E-state index is 11.1. The van der Waals surface area contributed by atoms with E-state index in [0.717, 1.165) is 17.8 Å². The third-order valence-corrected chi connectivity index (χ3v) is 5.56.